The molecule has 1 saturated heterocycles. The Labute approximate surface area is 196 Å². The van der Waals surface area contributed by atoms with E-state index in [1.54, 1.807) is 7.05 Å². The van der Waals surface area contributed by atoms with Crippen molar-refractivity contribution < 1.29 is 14.3 Å². The number of hydrogen-bond acceptors (Lipinski definition) is 4. The zero-order valence-electron chi connectivity index (χ0n) is 18.0. The van der Waals surface area contributed by atoms with E-state index in [1.165, 1.54) is 12.0 Å². The highest BCUT2D eigenvalue weighted by Crippen LogP contribution is 2.26. The summed E-state index contributed by atoms with van der Waals surface area (Å²) in [4.78, 5) is 16.1. The van der Waals surface area contributed by atoms with Crippen LogP contribution in [0.2, 0.25) is 0 Å². The Morgan fingerprint density at radius 2 is 2.00 bits per heavy atom. The number of hydrogen-bond donors (Lipinski definition) is 3. The smallest absolute Gasteiger partial charge is 0.223 e. The summed E-state index contributed by atoms with van der Waals surface area (Å²) in [5, 5.41) is 9.66. The summed E-state index contributed by atoms with van der Waals surface area (Å²) in [6, 6.07) is 6.27. The van der Waals surface area contributed by atoms with Crippen LogP contribution in [0.5, 0.6) is 5.75 Å². The summed E-state index contributed by atoms with van der Waals surface area (Å²) < 4.78 is 11.6. The third-order valence-electron chi connectivity index (χ3n) is 5.50. The zero-order valence-corrected chi connectivity index (χ0v) is 20.4. The molecule has 0 aromatic heterocycles. The Hall–Kier alpha value is -1.55. The summed E-state index contributed by atoms with van der Waals surface area (Å²) >= 11 is 0. The van der Waals surface area contributed by atoms with Crippen LogP contribution in [0.25, 0.3) is 0 Å². The SMILES string of the molecule is CN=C(NCCCNC(=O)C1CCC1)NCc1ccc(C)cc1OC1CCOC1.I. The van der Waals surface area contributed by atoms with Gasteiger partial charge in [0.05, 0.1) is 13.2 Å². The first-order valence-corrected chi connectivity index (χ1v) is 10.7. The van der Waals surface area contributed by atoms with Gasteiger partial charge in [0.1, 0.15) is 11.9 Å². The first-order valence-electron chi connectivity index (χ1n) is 10.7. The first kappa shape index (κ1) is 24.7. The number of nitrogens with one attached hydrogen (secondary N) is 3. The molecule has 0 radical (unpaired) electrons. The summed E-state index contributed by atoms with van der Waals surface area (Å²) in [6.45, 7) is 5.56. The fourth-order valence-corrected chi connectivity index (χ4v) is 3.42. The Kier molecular flexibility index (Phi) is 10.7. The van der Waals surface area contributed by atoms with Gasteiger partial charge in [-0.1, -0.05) is 18.6 Å². The highest BCUT2D eigenvalue weighted by molar-refractivity contribution is 14.0. The maximum absolute atomic E-state index is 11.8. The Bertz CT molecular complexity index is 704. The fourth-order valence-electron chi connectivity index (χ4n) is 3.42. The second kappa shape index (κ2) is 13.0. The quantitative estimate of drug-likeness (QED) is 0.198. The largest absolute Gasteiger partial charge is 0.488 e. The van der Waals surface area contributed by atoms with Crippen molar-refractivity contribution in [3.63, 3.8) is 0 Å². The number of guanidine groups is 1. The number of nitrogens with zero attached hydrogens (tertiary/aromatic N) is 1. The Balaban J connectivity index is 0.00000320. The number of aryl methyl sites for hydroxylation is 1. The van der Waals surface area contributed by atoms with Gasteiger partial charge in [-0.15, -0.1) is 24.0 Å². The lowest BCUT2D eigenvalue weighted by molar-refractivity contribution is -0.127. The van der Waals surface area contributed by atoms with Gasteiger partial charge < -0.3 is 25.4 Å². The van der Waals surface area contributed by atoms with Gasteiger partial charge in [0.2, 0.25) is 5.91 Å². The minimum atomic E-state index is 0. The van der Waals surface area contributed by atoms with E-state index in [-0.39, 0.29) is 41.9 Å². The number of carbonyl (C=O) groups excluding carboxylic acids is 1. The monoisotopic (exact) mass is 530 g/mol. The van der Waals surface area contributed by atoms with E-state index in [0.29, 0.717) is 19.7 Å². The molecule has 3 rings (SSSR count). The van der Waals surface area contributed by atoms with E-state index in [0.717, 1.165) is 56.1 Å². The molecule has 1 saturated carbocycles. The minimum Gasteiger partial charge on any atom is -0.488 e. The molecule has 168 valence electrons. The molecule has 0 bridgehead atoms. The topological polar surface area (TPSA) is 84.0 Å². The molecule has 8 heteroatoms. The summed E-state index contributed by atoms with van der Waals surface area (Å²) in [7, 11) is 1.76. The molecule has 1 aliphatic carbocycles. The molecular weight excluding hydrogens is 495 g/mol. The van der Waals surface area contributed by atoms with Crippen LogP contribution < -0.4 is 20.7 Å². The van der Waals surface area contributed by atoms with Crippen molar-refractivity contribution in [2.45, 2.75) is 51.7 Å². The third-order valence-corrected chi connectivity index (χ3v) is 5.50. The molecule has 1 amide bonds. The van der Waals surface area contributed by atoms with Gasteiger partial charge in [0, 0.05) is 44.6 Å². The fraction of sp³-hybridized carbons (Fsp3) is 0.636. The Morgan fingerprint density at radius 3 is 2.67 bits per heavy atom. The lowest BCUT2D eigenvalue weighted by Crippen LogP contribution is -2.39. The second-order valence-electron chi connectivity index (χ2n) is 7.84. The van der Waals surface area contributed by atoms with Gasteiger partial charge in [-0.3, -0.25) is 9.79 Å². The van der Waals surface area contributed by atoms with E-state index < -0.39 is 0 Å². The van der Waals surface area contributed by atoms with E-state index in [9.17, 15) is 4.79 Å². The first-order chi connectivity index (χ1) is 14.2. The van der Waals surface area contributed by atoms with Crippen molar-refractivity contribution in [3.05, 3.63) is 29.3 Å². The normalized spacial score (nSPS) is 18.9. The second-order valence-corrected chi connectivity index (χ2v) is 7.84. The molecule has 2 aliphatic rings. The predicted molar refractivity (Wildman–Crippen MR) is 130 cm³/mol. The molecule has 1 aromatic rings. The standard InChI is InChI=1S/C22H34N4O3.HI/c1-16-7-8-18(20(13-16)29-19-9-12-28-15-19)14-26-22(23-2)25-11-4-10-24-21(27)17-5-3-6-17;/h7-8,13,17,19H,3-6,9-12,14-15H2,1-2H3,(H,24,27)(H2,23,25,26);1H. The van der Waals surface area contributed by atoms with Crippen LogP contribution in [0.15, 0.2) is 23.2 Å². The van der Waals surface area contributed by atoms with Crippen molar-refractivity contribution in [2.24, 2.45) is 10.9 Å². The molecule has 2 fully saturated rings. The maximum atomic E-state index is 11.8. The maximum Gasteiger partial charge on any atom is 0.223 e. The average Bonchev–Trinajstić information content (AvgIpc) is 3.17. The number of halogens is 1. The van der Waals surface area contributed by atoms with Gasteiger partial charge >= 0.3 is 0 Å². The minimum absolute atomic E-state index is 0. The van der Waals surface area contributed by atoms with E-state index in [4.69, 9.17) is 9.47 Å². The summed E-state index contributed by atoms with van der Waals surface area (Å²) in [6.07, 6.45) is 5.19. The zero-order chi connectivity index (χ0) is 20.5. The molecule has 7 nitrogen and oxygen atoms in total. The van der Waals surface area contributed by atoms with Gasteiger partial charge in [0.15, 0.2) is 5.96 Å². The summed E-state index contributed by atoms with van der Waals surface area (Å²) in [5.41, 5.74) is 2.27. The van der Waals surface area contributed by atoms with E-state index >= 15 is 0 Å². The van der Waals surface area contributed by atoms with Gasteiger partial charge in [0.25, 0.3) is 0 Å². The van der Waals surface area contributed by atoms with Gasteiger partial charge in [-0.05, 0) is 37.8 Å². The van der Waals surface area contributed by atoms with Crippen LogP contribution in [-0.2, 0) is 16.1 Å². The number of amides is 1. The number of carbonyl (C=O) groups is 1. The molecule has 1 aromatic carbocycles. The van der Waals surface area contributed by atoms with Crippen molar-refractivity contribution in [1.82, 2.24) is 16.0 Å². The lowest BCUT2D eigenvalue weighted by atomic mass is 9.85. The van der Waals surface area contributed by atoms with E-state index in [1.807, 2.05) is 0 Å². The van der Waals surface area contributed by atoms with Gasteiger partial charge in [-0.25, -0.2) is 0 Å². The average molecular weight is 530 g/mol. The molecule has 1 unspecified atom stereocenters. The highest BCUT2D eigenvalue weighted by Gasteiger charge is 2.24. The number of benzene rings is 1. The third kappa shape index (κ3) is 7.61. The van der Waals surface area contributed by atoms with Crippen LogP contribution >= 0.6 is 24.0 Å². The number of rotatable bonds is 9. The van der Waals surface area contributed by atoms with Crippen LogP contribution in [0.1, 0.15) is 43.2 Å². The van der Waals surface area contributed by atoms with Crippen LogP contribution in [0.4, 0.5) is 0 Å². The van der Waals surface area contributed by atoms with Crippen LogP contribution in [0, 0.1) is 12.8 Å². The molecule has 1 atom stereocenters. The number of aliphatic imine (C=N–C) groups is 1. The highest BCUT2D eigenvalue weighted by atomic mass is 127. The Morgan fingerprint density at radius 1 is 1.20 bits per heavy atom. The molecule has 30 heavy (non-hydrogen) atoms. The van der Waals surface area contributed by atoms with Crippen LogP contribution in [0.3, 0.4) is 0 Å². The van der Waals surface area contributed by atoms with Gasteiger partial charge in [-0.2, -0.15) is 0 Å². The van der Waals surface area contributed by atoms with Crippen molar-refractivity contribution in [2.75, 3.05) is 33.4 Å². The summed E-state index contributed by atoms with van der Waals surface area (Å²) in [5.74, 6) is 2.10. The van der Waals surface area contributed by atoms with Crippen molar-refractivity contribution >= 4 is 35.8 Å². The van der Waals surface area contributed by atoms with E-state index in [2.05, 4.69) is 46.1 Å². The van der Waals surface area contributed by atoms with Crippen molar-refractivity contribution in [3.8, 4) is 5.75 Å². The predicted octanol–water partition coefficient (Wildman–Crippen LogP) is 2.75. The molecule has 1 heterocycles. The molecule has 0 spiro atoms. The molecule has 1 aliphatic heterocycles. The van der Waals surface area contributed by atoms with Crippen molar-refractivity contribution in [1.29, 1.82) is 0 Å². The molecule has 3 N–H and O–H groups in total. The lowest BCUT2D eigenvalue weighted by Gasteiger charge is -2.24. The number of ether oxygens (including phenoxy) is 2. The molecular formula is C22H35IN4O3. The van der Waals surface area contributed by atoms with Crippen LogP contribution in [-0.4, -0.2) is 51.3 Å².